The molecule has 0 aromatic heterocycles. The maximum absolute atomic E-state index is 12.2. The first-order valence-electron chi connectivity index (χ1n) is 10.0. The molecule has 2 aromatic rings. The molecule has 0 heterocycles. The van der Waals surface area contributed by atoms with Crippen molar-refractivity contribution >= 4 is 39.3 Å². The number of hydrogen-bond acceptors (Lipinski definition) is 4. The second-order valence-corrected chi connectivity index (χ2v) is 8.92. The highest BCUT2D eigenvalue weighted by molar-refractivity contribution is 9.10. The molecule has 0 aliphatic carbocycles. The first kappa shape index (κ1) is 24.4. The number of hydrogen-bond donors (Lipinski definition) is 3. The smallest absolute Gasteiger partial charge is 0.276 e. The van der Waals surface area contributed by atoms with Gasteiger partial charge in [0, 0.05) is 17.7 Å². The minimum absolute atomic E-state index is 0.00199. The van der Waals surface area contributed by atoms with Gasteiger partial charge < -0.3 is 10.1 Å². The quantitative estimate of drug-likeness (QED) is 0.504. The van der Waals surface area contributed by atoms with Crippen molar-refractivity contribution in [2.75, 3.05) is 11.9 Å². The van der Waals surface area contributed by atoms with E-state index in [9.17, 15) is 14.4 Å². The van der Waals surface area contributed by atoms with Crippen LogP contribution in [0.3, 0.4) is 0 Å². The largest absolute Gasteiger partial charge is 0.483 e. The van der Waals surface area contributed by atoms with Crippen LogP contribution in [-0.4, -0.2) is 24.3 Å². The number of amides is 3. The van der Waals surface area contributed by atoms with E-state index in [0.29, 0.717) is 23.4 Å². The van der Waals surface area contributed by atoms with Crippen molar-refractivity contribution in [3.05, 3.63) is 58.1 Å². The Balaban J connectivity index is 1.82. The molecule has 0 saturated carbocycles. The predicted octanol–water partition coefficient (Wildman–Crippen LogP) is 4.33. The summed E-state index contributed by atoms with van der Waals surface area (Å²) in [5, 5.41) is 2.75. The molecule has 31 heavy (non-hydrogen) atoms. The molecule has 0 bridgehead atoms. The summed E-state index contributed by atoms with van der Waals surface area (Å²) >= 11 is 3.46. The Labute approximate surface area is 191 Å². The van der Waals surface area contributed by atoms with Gasteiger partial charge in [0.1, 0.15) is 5.75 Å². The highest BCUT2D eigenvalue weighted by Gasteiger charge is 2.16. The standard InChI is InChI=1S/C23H28BrN3O4/c1-5-6-20(28)25-17-10-7-15(8-11-17)22(30)27-26-21(29)14-31-19-12-9-16(13-18(19)24)23(2,3)4/h7-13H,5-6,14H2,1-4H3,(H,25,28)(H,26,29)(H,27,30). The molecule has 3 amide bonds. The minimum atomic E-state index is -0.497. The van der Waals surface area contributed by atoms with Gasteiger partial charge in [0.2, 0.25) is 5.91 Å². The molecule has 0 fully saturated rings. The van der Waals surface area contributed by atoms with Crippen molar-refractivity contribution < 1.29 is 19.1 Å². The van der Waals surface area contributed by atoms with Crippen molar-refractivity contribution in [1.29, 1.82) is 0 Å². The lowest BCUT2D eigenvalue weighted by Crippen LogP contribution is -2.43. The van der Waals surface area contributed by atoms with Gasteiger partial charge in [-0.3, -0.25) is 25.2 Å². The fourth-order valence-electron chi connectivity index (χ4n) is 2.62. The number of carbonyl (C=O) groups is 3. The van der Waals surface area contributed by atoms with Crippen LogP contribution < -0.4 is 20.9 Å². The van der Waals surface area contributed by atoms with Crippen LogP contribution in [-0.2, 0) is 15.0 Å². The molecular formula is C23H28BrN3O4. The van der Waals surface area contributed by atoms with E-state index in [4.69, 9.17) is 4.74 Å². The molecule has 0 unspecified atom stereocenters. The van der Waals surface area contributed by atoms with E-state index in [1.807, 2.05) is 19.1 Å². The SMILES string of the molecule is CCCC(=O)Nc1ccc(C(=O)NNC(=O)COc2ccc(C(C)(C)C)cc2Br)cc1. The third kappa shape index (κ3) is 7.71. The maximum atomic E-state index is 12.2. The lowest BCUT2D eigenvalue weighted by atomic mass is 9.87. The zero-order valence-corrected chi connectivity index (χ0v) is 19.8. The second-order valence-electron chi connectivity index (χ2n) is 8.06. The van der Waals surface area contributed by atoms with Crippen LogP contribution >= 0.6 is 15.9 Å². The van der Waals surface area contributed by atoms with Gasteiger partial charge in [0.05, 0.1) is 4.47 Å². The van der Waals surface area contributed by atoms with E-state index < -0.39 is 11.8 Å². The van der Waals surface area contributed by atoms with E-state index in [2.05, 4.69) is 52.9 Å². The number of anilines is 1. The molecule has 7 nitrogen and oxygen atoms in total. The molecule has 0 aliphatic rings. The minimum Gasteiger partial charge on any atom is -0.483 e. The maximum Gasteiger partial charge on any atom is 0.276 e. The summed E-state index contributed by atoms with van der Waals surface area (Å²) in [5.74, 6) is -0.513. The molecule has 0 radical (unpaired) electrons. The van der Waals surface area contributed by atoms with Crippen LogP contribution in [0.2, 0.25) is 0 Å². The molecule has 3 N–H and O–H groups in total. The molecule has 166 valence electrons. The summed E-state index contributed by atoms with van der Waals surface area (Å²) in [5.41, 5.74) is 6.75. The Bertz CT molecular complexity index is 937. The molecule has 8 heteroatoms. The summed E-state index contributed by atoms with van der Waals surface area (Å²) in [7, 11) is 0. The van der Waals surface area contributed by atoms with Gasteiger partial charge in [-0.1, -0.05) is 33.8 Å². The Kier molecular flexibility index (Phi) is 8.62. The fourth-order valence-corrected chi connectivity index (χ4v) is 3.11. The Morgan fingerprint density at radius 3 is 2.23 bits per heavy atom. The molecule has 0 atom stereocenters. The van der Waals surface area contributed by atoms with E-state index in [-0.39, 0.29) is 17.9 Å². The summed E-state index contributed by atoms with van der Waals surface area (Å²) in [4.78, 5) is 35.8. The average molecular weight is 490 g/mol. The van der Waals surface area contributed by atoms with Gasteiger partial charge in [-0.05, 0) is 69.7 Å². The van der Waals surface area contributed by atoms with Crippen molar-refractivity contribution in [3.8, 4) is 5.75 Å². The van der Waals surface area contributed by atoms with Crippen molar-refractivity contribution in [2.45, 2.75) is 46.0 Å². The summed E-state index contributed by atoms with van der Waals surface area (Å²) in [6.07, 6.45) is 1.20. The third-order valence-electron chi connectivity index (χ3n) is 4.38. The first-order valence-corrected chi connectivity index (χ1v) is 10.8. The predicted molar refractivity (Wildman–Crippen MR) is 124 cm³/mol. The molecular weight excluding hydrogens is 462 g/mol. The highest BCUT2D eigenvalue weighted by Crippen LogP contribution is 2.31. The first-order chi connectivity index (χ1) is 14.6. The molecule has 0 spiro atoms. The normalized spacial score (nSPS) is 10.9. The second kappa shape index (κ2) is 10.9. The van der Waals surface area contributed by atoms with E-state index in [0.717, 1.165) is 16.5 Å². The van der Waals surface area contributed by atoms with Crippen LogP contribution in [0.4, 0.5) is 5.69 Å². The summed E-state index contributed by atoms with van der Waals surface area (Å²) in [6.45, 7) is 8.01. The van der Waals surface area contributed by atoms with Gasteiger partial charge >= 0.3 is 0 Å². The van der Waals surface area contributed by atoms with Crippen LogP contribution in [0.1, 0.15) is 56.5 Å². The lowest BCUT2D eigenvalue weighted by molar-refractivity contribution is -0.123. The topological polar surface area (TPSA) is 96.5 Å². The number of benzene rings is 2. The molecule has 0 aliphatic heterocycles. The summed E-state index contributed by atoms with van der Waals surface area (Å²) < 4.78 is 6.28. The highest BCUT2D eigenvalue weighted by atomic mass is 79.9. The number of hydrazine groups is 1. The molecule has 2 rings (SSSR count). The zero-order valence-electron chi connectivity index (χ0n) is 18.2. The third-order valence-corrected chi connectivity index (χ3v) is 5.00. The molecule has 2 aromatic carbocycles. The number of carbonyl (C=O) groups excluding carboxylic acids is 3. The Morgan fingerprint density at radius 2 is 1.65 bits per heavy atom. The van der Waals surface area contributed by atoms with Crippen molar-refractivity contribution in [2.24, 2.45) is 0 Å². The Morgan fingerprint density at radius 1 is 0.968 bits per heavy atom. The fraction of sp³-hybridized carbons (Fsp3) is 0.348. The van der Waals surface area contributed by atoms with E-state index in [1.165, 1.54) is 0 Å². The average Bonchev–Trinajstić information content (AvgIpc) is 2.71. The van der Waals surface area contributed by atoms with Gasteiger partial charge in [-0.15, -0.1) is 0 Å². The van der Waals surface area contributed by atoms with Gasteiger partial charge in [-0.25, -0.2) is 0 Å². The number of nitrogens with one attached hydrogen (secondary N) is 3. The van der Waals surface area contributed by atoms with Crippen LogP contribution in [0.15, 0.2) is 46.9 Å². The van der Waals surface area contributed by atoms with Crippen LogP contribution in [0.5, 0.6) is 5.75 Å². The van der Waals surface area contributed by atoms with Crippen molar-refractivity contribution in [1.82, 2.24) is 10.9 Å². The van der Waals surface area contributed by atoms with Crippen LogP contribution in [0.25, 0.3) is 0 Å². The van der Waals surface area contributed by atoms with Gasteiger partial charge in [0.15, 0.2) is 6.61 Å². The Hall–Kier alpha value is -2.87. The van der Waals surface area contributed by atoms with Gasteiger partial charge in [0.25, 0.3) is 11.8 Å². The number of halogens is 1. The van der Waals surface area contributed by atoms with E-state index in [1.54, 1.807) is 30.3 Å². The molecule has 0 saturated heterocycles. The monoisotopic (exact) mass is 489 g/mol. The van der Waals surface area contributed by atoms with Gasteiger partial charge in [-0.2, -0.15) is 0 Å². The summed E-state index contributed by atoms with van der Waals surface area (Å²) in [6, 6.07) is 12.1. The van der Waals surface area contributed by atoms with Crippen molar-refractivity contribution in [3.63, 3.8) is 0 Å². The number of ether oxygens (including phenoxy) is 1. The number of rotatable bonds is 7. The lowest BCUT2D eigenvalue weighted by Gasteiger charge is -2.20. The van der Waals surface area contributed by atoms with E-state index >= 15 is 0 Å². The zero-order chi connectivity index (χ0) is 23.0. The van der Waals surface area contributed by atoms with Crippen LogP contribution in [0, 0.1) is 0 Å².